The van der Waals surface area contributed by atoms with E-state index in [1.165, 1.54) is 11.0 Å². The van der Waals surface area contributed by atoms with Crippen molar-refractivity contribution >= 4 is 68.4 Å². The number of hydrogen-bond acceptors (Lipinski definition) is 7. The van der Waals surface area contributed by atoms with E-state index in [1.807, 2.05) is 6.07 Å². The van der Waals surface area contributed by atoms with Crippen molar-refractivity contribution in [3.05, 3.63) is 82.3 Å². The van der Waals surface area contributed by atoms with Gasteiger partial charge in [0.1, 0.15) is 11.3 Å². The fourth-order valence-corrected chi connectivity index (χ4v) is 4.57. The van der Waals surface area contributed by atoms with Crippen molar-refractivity contribution in [3.8, 4) is 17.2 Å². The molecule has 0 atom stereocenters. The molecule has 0 spiro atoms. The minimum atomic E-state index is -0.609. The van der Waals surface area contributed by atoms with Gasteiger partial charge >= 0.3 is 0 Å². The summed E-state index contributed by atoms with van der Waals surface area (Å²) in [5.41, 5.74) is 1.52. The molecule has 3 amide bonds. The first kappa shape index (κ1) is 27.8. The van der Waals surface area contributed by atoms with Crippen LogP contribution in [0.5, 0.6) is 17.2 Å². The van der Waals surface area contributed by atoms with E-state index in [4.69, 9.17) is 26.4 Å². The Morgan fingerprint density at radius 2 is 1.79 bits per heavy atom. The number of rotatable bonds is 9. The highest BCUT2D eigenvalue weighted by molar-refractivity contribution is 9.10. The van der Waals surface area contributed by atoms with Gasteiger partial charge in [-0.2, -0.15) is 0 Å². The Balaban J connectivity index is 1.55. The normalized spacial score (nSPS) is 14.2. The van der Waals surface area contributed by atoms with Gasteiger partial charge in [-0.3, -0.25) is 24.6 Å². The molecule has 0 unspecified atom stereocenters. The van der Waals surface area contributed by atoms with Gasteiger partial charge < -0.3 is 19.5 Å². The Morgan fingerprint density at radius 3 is 2.46 bits per heavy atom. The van der Waals surface area contributed by atoms with Crippen LogP contribution in [0.25, 0.3) is 6.08 Å². The van der Waals surface area contributed by atoms with E-state index in [2.05, 4.69) is 26.6 Å². The summed E-state index contributed by atoms with van der Waals surface area (Å²) in [7, 11) is 1.56. The van der Waals surface area contributed by atoms with E-state index in [0.717, 1.165) is 0 Å². The molecule has 1 aliphatic rings. The first-order valence-electron chi connectivity index (χ1n) is 11.8. The summed E-state index contributed by atoms with van der Waals surface area (Å²) >= 11 is 8.70. The number of halogens is 1. The topological polar surface area (TPSA) is 106 Å². The van der Waals surface area contributed by atoms with Crippen molar-refractivity contribution in [3.63, 3.8) is 0 Å². The van der Waals surface area contributed by atoms with Crippen molar-refractivity contribution in [1.82, 2.24) is 5.32 Å². The third-order valence-electron chi connectivity index (χ3n) is 5.48. The van der Waals surface area contributed by atoms with Crippen molar-refractivity contribution in [2.45, 2.75) is 6.92 Å². The van der Waals surface area contributed by atoms with Gasteiger partial charge in [0.2, 0.25) is 0 Å². The fraction of sp³-hybridized carbons (Fsp3) is 0.143. The van der Waals surface area contributed by atoms with Crippen molar-refractivity contribution in [1.29, 1.82) is 0 Å². The molecule has 2 N–H and O–H groups in total. The summed E-state index contributed by atoms with van der Waals surface area (Å²) in [4.78, 5) is 39.7. The third-order valence-corrected chi connectivity index (χ3v) is 6.35. The smallest absolute Gasteiger partial charge is 0.270 e. The van der Waals surface area contributed by atoms with E-state index in [1.54, 1.807) is 74.7 Å². The van der Waals surface area contributed by atoms with Gasteiger partial charge in [0.15, 0.2) is 23.2 Å². The van der Waals surface area contributed by atoms with E-state index < -0.39 is 11.8 Å². The lowest BCUT2D eigenvalue weighted by Gasteiger charge is -2.28. The third kappa shape index (κ3) is 6.62. The zero-order valence-corrected chi connectivity index (χ0v) is 23.4. The zero-order chi connectivity index (χ0) is 27.9. The van der Waals surface area contributed by atoms with Gasteiger partial charge in [-0.1, -0.05) is 18.2 Å². The highest BCUT2D eigenvalue weighted by Gasteiger charge is 2.34. The second-order valence-corrected chi connectivity index (χ2v) is 9.36. The van der Waals surface area contributed by atoms with Crippen molar-refractivity contribution < 1.29 is 28.6 Å². The van der Waals surface area contributed by atoms with E-state index in [9.17, 15) is 14.4 Å². The summed E-state index contributed by atoms with van der Waals surface area (Å²) in [6.07, 6.45) is 1.45. The number of hydrogen-bond donors (Lipinski definition) is 2. The highest BCUT2D eigenvalue weighted by atomic mass is 79.9. The molecule has 0 aliphatic carbocycles. The number of carbonyl (C=O) groups is 3. The predicted molar refractivity (Wildman–Crippen MR) is 155 cm³/mol. The minimum Gasteiger partial charge on any atom is -0.497 e. The molecule has 0 bridgehead atoms. The van der Waals surface area contributed by atoms with Crippen molar-refractivity contribution in [2.75, 3.05) is 30.5 Å². The molecule has 0 saturated carbocycles. The van der Waals surface area contributed by atoms with Gasteiger partial charge in [-0.25, -0.2) is 0 Å². The first-order chi connectivity index (χ1) is 18.8. The van der Waals surface area contributed by atoms with Crippen LogP contribution in [-0.4, -0.2) is 43.2 Å². The van der Waals surface area contributed by atoms with Crippen LogP contribution in [0.2, 0.25) is 0 Å². The lowest BCUT2D eigenvalue weighted by Crippen LogP contribution is -2.54. The molecule has 200 valence electrons. The number of benzene rings is 3. The second-order valence-electron chi connectivity index (χ2n) is 8.12. The lowest BCUT2D eigenvalue weighted by molar-refractivity contribution is -0.122. The van der Waals surface area contributed by atoms with E-state index >= 15 is 0 Å². The predicted octanol–water partition coefficient (Wildman–Crippen LogP) is 4.71. The van der Waals surface area contributed by atoms with Gasteiger partial charge in [-0.15, -0.1) is 0 Å². The molecule has 4 rings (SSSR count). The molecule has 3 aromatic rings. The van der Waals surface area contributed by atoms with Crippen molar-refractivity contribution in [2.24, 2.45) is 0 Å². The highest BCUT2D eigenvalue weighted by Crippen LogP contribution is 2.38. The Hall–Kier alpha value is -4.22. The quantitative estimate of drug-likeness (QED) is 0.206. The zero-order valence-electron chi connectivity index (χ0n) is 21.0. The number of para-hydroxylation sites is 1. The number of methoxy groups -OCH3 is 1. The molecule has 3 aromatic carbocycles. The van der Waals surface area contributed by atoms with Crippen LogP contribution in [-0.2, 0) is 14.4 Å². The summed E-state index contributed by atoms with van der Waals surface area (Å²) in [5, 5.41) is 5.31. The average Bonchev–Trinajstić information content (AvgIpc) is 2.91. The molecular formula is C28H24BrN3O6S. The van der Waals surface area contributed by atoms with Crippen LogP contribution >= 0.6 is 28.1 Å². The summed E-state index contributed by atoms with van der Waals surface area (Å²) in [5.74, 6) is -0.235. The number of carbonyl (C=O) groups excluding carboxylic acids is 3. The maximum Gasteiger partial charge on any atom is 0.270 e. The summed E-state index contributed by atoms with van der Waals surface area (Å²) in [6, 6.07) is 19.0. The van der Waals surface area contributed by atoms with Gasteiger partial charge in [0, 0.05) is 5.69 Å². The summed E-state index contributed by atoms with van der Waals surface area (Å²) in [6.45, 7) is 1.84. The largest absolute Gasteiger partial charge is 0.497 e. The van der Waals surface area contributed by atoms with Crippen LogP contribution in [0.15, 0.2) is 76.8 Å². The molecule has 1 saturated heterocycles. The Bertz CT molecular complexity index is 1440. The van der Waals surface area contributed by atoms with E-state index in [0.29, 0.717) is 45.3 Å². The minimum absolute atomic E-state index is 0.00111. The molecule has 0 aromatic heterocycles. The van der Waals surface area contributed by atoms with Gasteiger partial charge in [-0.05, 0) is 95.2 Å². The van der Waals surface area contributed by atoms with Crippen LogP contribution in [0.1, 0.15) is 12.5 Å². The van der Waals surface area contributed by atoms with Crippen LogP contribution in [0.3, 0.4) is 0 Å². The summed E-state index contributed by atoms with van der Waals surface area (Å²) < 4.78 is 17.1. The lowest BCUT2D eigenvalue weighted by atomic mass is 10.1. The Labute approximate surface area is 238 Å². The standard InChI is InChI=1S/C28H24BrN3O6S/c1-3-37-23-15-17(13-21-26(34)31-28(39)32(27(21)35)19-7-5-4-6-8-19)14-22(29)25(23)38-16-24(33)30-18-9-11-20(36-2)12-10-18/h4-15H,3,16H2,1-2H3,(H,30,33)(H,31,34,39)/b21-13-. The van der Waals surface area contributed by atoms with E-state index in [-0.39, 0.29) is 23.2 Å². The fourth-order valence-electron chi connectivity index (χ4n) is 3.72. The van der Waals surface area contributed by atoms with Gasteiger partial charge in [0.05, 0.1) is 23.9 Å². The number of amides is 3. The van der Waals surface area contributed by atoms with Gasteiger partial charge in [0.25, 0.3) is 17.7 Å². The second kappa shape index (κ2) is 12.5. The monoisotopic (exact) mass is 609 g/mol. The average molecular weight is 610 g/mol. The number of thiocarbonyl (C=S) groups is 1. The molecule has 1 heterocycles. The SMILES string of the molecule is CCOc1cc(/C=C2/C(=O)NC(=S)N(c3ccccc3)C2=O)cc(Br)c1OCC(=O)Nc1ccc(OC)cc1. The Morgan fingerprint density at radius 1 is 1.08 bits per heavy atom. The number of ether oxygens (including phenoxy) is 3. The first-order valence-corrected chi connectivity index (χ1v) is 13.0. The maximum absolute atomic E-state index is 13.3. The van der Waals surface area contributed by atoms with Crippen LogP contribution < -0.4 is 29.7 Å². The molecular weight excluding hydrogens is 586 g/mol. The molecule has 1 aliphatic heterocycles. The number of nitrogens with zero attached hydrogens (tertiary/aromatic N) is 1. The maximum atomic E-state index is 13.3. The number of nitrogens with one attached hydrogen (secondary N) is 2. The molecule has 11 heteroatoms. The molecule has 39 heavy (non-hydrogen) atoms. The molecule has 1 fully saturated rings. The van der Waals surface area contributed by atoms with Crippen LogP contribution in [0, 0.1) is 0 Å². The number of anilines is 2. The molecule has 9 nitrogen and oxygen atoms in total. The van der Waals surface area contributed by atoms with Crippen LogP contribution in [0.4, 0.5) is 11.4 Å². The molecule has 0 radical (unpaired) electrons. The Kier molecular flexibility index (Phi) is 8.95.